The monoisotopic (exact) mass is 280 g/mol. The van der Waals surface area contributed by atoms with Gasteiger partial charge in [-0.05, 0) is 18.4 Å². The highest BCUT2D eigenvalue weighted by Gasteiger charge is 2.21. The Balaban J connectivity index is 2.12. The maximum absolute atomic E-state index is 11.9. The first-order valence-electron chi connectivity index (χ1n) is 5.51. The fourth-order valence-electron chi connectivity index (χ4n) is 1.55. The molecule has 0 saturated carbocycles. The summed E-state index contributed by atoms with van der Waals surface area (Å²) in [5, 5.41) is 19.6. The largest absolute Gasteiger partial charge is 0.481 e. The van der Waals surface area contributed by atoms with Crippen molar-refractivity contribution in [1.82, 2.24) is 20.5 Å². The Bertz CT molecular complexity index is 579. The third kappa shape index (κ3) is 3.38. The zero-order chi connectivity index (χ0) is 13.8. The third-order valence-corrected chi connectivity index (χ3v) is 3.36. The number of thiophene rings is 1. The van der Waals surface area contributed by atoms with Crippen LogP contribution in [0.2, 0.25) is 0 Å². The molecule has 0 aliphatic rings. The third-order valence-electron chi connectivity index (χ3n) is 2.37. The van der Waals surface area contributed by atoms with Gasteiger partial charge in [-0.3, -0.25) is 14.7 Å². The van der Waals surface area contributed by atoms with Gasteiger partial charge in [0, 0.05) is 4.88 Å². The zero-order valence-corrected chi connectivity index (χ0v) is 10.9. The first-order chi connectivity index (χ1) is 9.06. The van der Waals surface area contributed by atoms with Crippen molar-refractivity contribution in [1.29, 1.82) is 0 Å². The number of hydrogen-bond donors (Lipinski definition) is 3. The summed E-state index contributed by atoms with van der Waals surface area (Å²) in [4.78, 5) is 27.4. The second kappa shape index (κ2) is 5.61. The first kappa shape index (κ1) is 13.2. The van der Waals surface area contributed by atoms with Crippen molar-refractivity contribution in [3.8, 4) is 0 Å². The lowest BCUT2D eigenvalue weighted by atomic mass is 10.1. The van der Waals surface area contributed by atoms with E-state index in [2.05, 4.69) is 20.5 Å². The standard InChI is InChI=1S/C11H12N4O3S/c1-6-12-10(15-14-6)11(18)13-7(5-9(16)17)8-3-2-4-19-8/h2-4,7H,5H2,1H3,(H,13,18)(H,16,17)(H,12,14,15). The van der Waals surface area contributed by atoms with E-state index in [4.69, 9.17) is 5.11 Å². The van der Waals surface area contributed by atoms with E-state index in [1.165, 1.54) is 11.3 Å². The average molecular weight is 280 g/mol. The summed E-state index contributed by atoms with van der Waals surface area (Å²) < 4.78 is 0. The van der Waals surface area contributed by atoms with Gasteiger partial charge in [-0.15, -0.1) is 16.4 Å². The number of aromatic amines is 1. The van der Waals surface area contributed by atoms with Gasteiger partial charge in [-0.2, -0.15) is 0 Å². The van der Waals surface area contributed by atoms with Crippen molar-refractivity contribution < 1.29 is 14.7 Å². The number of hydrogen-bond acceptors (Lipinski definition) is 5. The molecule has 0 aromatic carbocycles. The molecule has 2 aromatic heterocycles. The Morgan fingerprint density at radius 3 is 2.89 bits per heavy atom. The number of H-pyrrole nitrogens is 1. The molecule has 19 heavy (non-hydrogen) atoms. The van der Waals surface area contributed by atoms with Crippen molar-refractivity contribution >= 4 is 23.2 Å². The zero-order valence-electron chi connectivity index (χ0n) is 10.1. The molecule has 0 fully saturated rings. The number of carbonyl (C=O) groups is 2. The van der Waals surface area contributed by atoms with Crippen LogP contribution in [0.4, 0.5) is 0 Å². The number of carboxylic acid groups (broad SMARTS) is 1. The molecule has 1 atom stereocenters. The second-order valence-electron chi connectivity index (χ2n) is 3.88. The fourth-order valence-corrected chi connectivity index (χ4v) is 2.33. The lowest BCUT2D eigenvalue weighted by Gasteiger charge is -2.14. The van der Waals surface area contributed by atoms with E-state index < -0.39 is 17.9 Å². The van der Waals surface area contributed by atoms with Gasteiger partial charge < -0.3 is 10.4 Å². The van der Waals surface area contributed by atoms with Gasteiger partial charge in [0.1, 0.15) is 5.82 Å². The molecule has 2 heterocycles. The lowest BCUT2D eigenvalue weighted by Crippen LogP contribution is -2.30. The Kier molecular flexibility index (Phi) is 3.91. The van der Waals surface area contributed by atoms with Crippen LogP contribution in [0.25, 0.3) is 0 Å². The number of rotatable bonds is 5. The van der Waals surface area contributed by atoms with Crippen LogP contribution in [0.15, 0.2) is 17.5 Å². The molecule has 1 amide bonds. The highest BCUT2D eigenvalue weighted by atomic mass is 32.1. The number of amides is 1. The Morgan fingerprint density at radius 2 is 2.37 bits per heavy atom. The molecular formula is C11H12N4O3S. The molecule has 3 N–H and O–H groups in total. The summed E-state index contributed by atoms with van der Waals surface area (Å²) in [6.45, 7) is 1.68. The van der Waals surface area contributed by atoms with Gasteiger partial charge in [0.15, 0.2) is 0 Å². The summed E-state index contributed by atoms with van der Waals surface area (Å²) in [5.41, 5.74) is 0. The molecule has 100 valence electrons. The van der Waals surface area contributed by atoms with Crippen molar-refractivity contribution in [3.05, 3.63) is 34.0 Å². The van der Waals surface area contributed by atoms with Crippen LogP contribution in [-0.2, 0) is 4.79 Å². The number of aliphatic carboxylic acids is 1. The van der Waals surface area contributed by atoms with E-state index in [1.54, 1.807) is 19.1 Å². The molecule has 0 aliphatic heterocycles. The molecule has 0 bridgehead atoms. The smallest absolute Gasteiger partial charge is 0.305 e. The van der Waals surface area contributed by atoms with E-state index >= 15 is 0 Å². The van der Waals surface area contributed by atoms with Gasteiger partial charge in [0.25, 0.3) is 5.91 Å². The Labute approximate surface area is 112 Å². The highest BCUT2D eigenvalue weighted by Crippen LogP contribution is 2.22. The number of carbonyl (C=O) groups excluding carboxylic acids is 1. The lowest BCUT2D eigenvalue weighted by molar-refractivity contribution is -0.137. The van der Waals surface area contributed by atoms with Gasteiger partial charge in [-0.1, -0.05) is 6.07 Å². The normalized spacial score (nSPS) is 12.1. The number of carboxylic acids is 1. The van der Waals surface area contributed by atoms with Crippen LogP contribution in [-0.4, -0.2) is 32.2 Å². The molecule has 1 unspecified atom stereocenters. The van der Waals surface area contributed by atoms with Crippen molar-refractivity contribution in [3.63, 3.8) is 0 Å². The quantitative estimate of drug-likeness (QED) is 0.760. The average Bonchev–Trinajstić information content (AvgIpc) is 2.97. The van der Waals surface area contributed by atoms with Crippen LogP contribution >= 0.6 is 11.3 Å². The summed E-state index contributed by atoms with van der Waals surface area (Å²) >= 11 is 1.39. The number of nitrogens with one attached hydrogen (secondary N) is 2. The summed E-state index contributed by atoms with van der Waals surface area (Å²) in [6.07, 6.45) is -0.185. The molecule has 0 saturated heterocycles. The molecule has 0 aliphatic carbocycles. The fraction of sp³-hybridized carbons (Fsp3) is 0.273. The van der Waals surface area contributed by atoms with E-state index in [0.717, 1.165) is 4.88 Å². The van der Waals surface area contributed by atoms with Crippen LogP contribution in [0.1, 0.15) is 33.8 Å². The SMILES string of the molecule is Cc1nc(C(=O)NC(CC(=O)O)c2cccs2)n[nH]1. The van der Waals surface area contributed by atoms with Crippen LogP contribution in [0.3, 0.4) is 0 Å². The van der Waals surface area contributed by atoms with E-state index in [1.807, 2.05) is 5.38 Å². The molecule has 2 rings (SSSR count). The van der Waals surface area contributed by atoms with Crippen molar-refractivity contribution in [2.75, 3.05) is 0 Å². The minimum atomic E-state index is -0.982. The minimum absolute atomic E-state index is 0.00412. The molecule has 2 aromatic rings. The van der Waals surface area contributed by atoms with Crippen molar-refractivity contribution in [2.45, 2.75) is 19.4 Å². The highest BCUT2D eigenvalue weighted by molar-refractivity contribution is 7.10. The van der Waals surface area contributed by atoms with E-state index in [9.17, 15) is 9.59 Å². The number of aryl methyl sites for hydroxylation is 1. The molecule has 0 radical (unpaired) electrons. The van der Waals surface area contributed by atoms with Crippen LogP contribution in [0, 0.1) is 6.92 Å². The van der Waals surface area contributed by atoms with Gasteiger partial charge >= 0.3 is 5.97 Å². The second-order valence-corrected chi connectivity index (χ2v) is 4.86. The summed E-state index contributed by atoms with van der Waals surface area (Å²) in [7, 11) is 0. The summed E-state index contributed by atoms with van der Waals surface area (Å²) in [5.74, 6) is -0.950. The Hall–Kier alpha value is -2.22. The maximum Gasteiger partial charge on any atom is 0.305 e. The minimum Gasteiger partial charge on any atom is -0.481 e. The van der Waals surface area contributed by atoms with E-state index in [-0.39, 0.29) is 12.2 Å². The van der Waals surface area contributed by atoms with Gasteiger partial charge in [0.2, 0.25) is 5.82 Å². The van der Waals surface area contributed by atoms with Crippen molar-refractivity contribution in [2.24, 2.45) is 0 Å². The summed E-state index contributed by atoms with van der Waals surface area (Å²) in [6, 6.07) is 3.00. The van der Waals surface area contributed by atoms with Crippen LogP contribution < -0.4 is 5.32 Å². The molecule has 7 nitrogen and oxygen atoms in total. The first-order valence-corrected chi connectivity index (χ1v) is 6.39. The Morgan fingerprint density at radius 1 is 1.58 bits per heavy atom. The van der Waals surface area contributed by atoms with Gasteiger partial charge in [-0.25, -0.2) is 4.98 Å². The molecule has 0 spiro atoms. The van der Waals surface area contributed by atoms with E-state index in [0.29, 0.717) is 5.82 Å². The number of nitrogens with zero attached hydrogens (tertiary/aromatic N) is 2. The van der Waals surface area contributed by atoms with Gasteiger partial charge in [0.05, 0.1) is 12.5 Å². The maximum atomic E-state index is 11.9. The topological polar surface area (TPSA) is 108 Å². The molecular weight excluding hydrogens is 268 g/mol. The molecule has 8 heteroatoms. The van der Waals surface area contributed by atoms with Crippen LogP contribution in [0.5, 0.6) is 0 Å². The number of aromatic nitrogens is 3. The predicted molar refractivity (Wildman–Crippen MR) is 67.9 cm³/mol. The predicted octanol–water partition coefficient (Wildman–Crippen LogP) is 1.12.